The lowest BCUT2D eigenvalue weighted by atomic mass is 10.2. The quantitative estimate of drug-likeness (QED) is 0.346. The van der Waals surface area contributed by atoms with Crippen LogP contribution in [0.3, 0.4) is 0 Å². The monoisotopic (exact) mass is 541 g/mol. The number of anilines is 1. The van der Waals surface area contributed by atoms with E-state index in [0.29, 0.717) is 37.8 Å². The highest BCUT2D eigenvalue weighted by Crippen LogP contribution is 2.38. The van der Waals surface area contributed by atoms with E-state index in [9.17, 15) is 9.59 Å². The van der Waals surface area contributed by atoms with Crippen molar-refractivity contribution in [2.75, 3.05) is 19.0 Å². The van der Waals surface area contributed by atoms with Crippen molar-refractivity contribution in [2.24, 2.45) is 4.99 Å². The third-order valence-corrected chi connectivity index (χ3v) is 6.67. The SMILES string of the molecule is COc1cc(/C=C2/SC(=Nc3cccc(Cl)c3C)NC2=O)cc(Cl)c1OCC(=O)Nc1ccccc1. The highest BCUT2D eigenvalue weighted by molar-refractivity contribution is 8.18. The minimum absolute atomic E-state index is 0.228. The number of methoxy groups -OCH3 is 1. The molecule has 4 rings (SSSR count). The average molecular weight is 542 g/mol. The molecule has 0 aromatic heterocycles. The summed E-state index contributed by atoms with van der Waals surface area (Å²) >= 11 is 13.8. The Labute approximate surface area is 222 Å². The van der Waals surface area contributed by atoms with Crippen LogP contribution in [0.4, 0.5) is 11.4 Å². The molecule has 10 heteroatoms. The number of carbonyl (C=O) groups excluding carboxylic acids is 2. The maximum atomic E-state index is 12.5. The number of amides is 2. The van der Waals surface area contributed by atoms with Crippen molar-refractivity contribution in [1.82, 2.24) is 5.32 Å². The van der Waals surface area contributed by atoms with E-state index in [1.54, 1.807) is 42.5 Å². The summed E-state index contributed by atoms with van der Waals surface area (Å²) in [5.41, 5.74) is 2.78. The van der Waals surface area contributed by atoms with Crippen LogP contribution in [0.1, 0.15) is 11.1 Å². The number of para-hydroxylation sites is 1. The normalized spacial score (nSPS) is 15.2. The molecule has 1 fully saturated rings. The van der Waals surface area contributed by atoms with Crippen LogP contribution in [0, 0.1) is 6.92 Å². The Morgan fingerprint density at radius 1 is 1.11 bits per heavy atom. The molecule has 0 spiro atoms. The first-order valence-corrected chi connectivity index (χ1v) is 12.3. The number of nitrogens with one attached hydrogen (secondary N) is 2. The maximum Gasteiger partial charge on any atom is 0.264 e. The maximum absolute atomic E-state index is 12.5. The molecular formula is C26H21Cl2N3O4S. The molecule has 2 N–H and O–H groups in total. The fourth-order valence-electron chi connectivity index (χ4n) is 3.28. The summed E-state index contributed by atoms with van der Waals surface area (Å²) in [5.74, 6) is -0.0711. The summed E-state index contributed by atoms with van der Waals surface area (Å²) in [6.07, 6.45) is 1.67. The number of amidine groups is 1. The van der Waals surface area contributed by atoms with Gasteiger partial charge in [-0.2, -0.15) is 0 Å². The zero-order valence-electron chi connectivity index (χ0n) is 19.3. The Hall–Kier alpha value is -3.46. The number of aliphatic imine (C=N–C) groups is 1. The van der Waals surface area contributed by atoms with Crippen LogP contribution in [0.25, 0.3) is 6.08 Å². The number of benzene rings is 3. The Morgan fingerprint density at radius 3 is 2.64 bits per heavy atom. The molecule has 1 saturated heterocycles. The molecular weight excluding hydrogens is 521 g/mol. The fourth-order valence-corrected chi connectivity index (χ4v) is 4.56. The molecule has 36 heavy (non-hydrogen) atoms. The molecule has 0 radical (unpaired) electrons. The van der Waals surface area contributed by atoms with Gasteiger partial charge in [-0.1, -0.05) is 47.5 Å². The van der Waals surface area contributed by atoms with Crippen LogP contribution < -0.4 is 20.1 Å². The zero-order chi connectivity index (χ0) is 25.7. The number of ether oxygens (including phenoxy) is 2. The van der Waals surface area contributed by atoms with Crippen molar-refractivity contribution in [3.8, 4) is 11.5 Å². The molecule has 2 amide bonds. The molecule has 0 bridgehead atoms. The van der Waals surface area contributed by atoms with Gasteiger partial charge in [-0.05, 0) is 72.3 Å². The van der Waals surface area contributed by atoms with Gasteiger partial charge in [-0.3, -0.25) is 9.59 Å². The number of hydrogen-bond acceptors (Lipinski definition) is 6. The van der Waals surface area contributed by atoms with Crippen LogP contribution in [0.2, 0.25) is 10.0 Å². The first kappa shape index (κ1) is 25.6. The van der Waals surface area contributed by atoms with E-state index in [1.165, 1.54) is 18.9 Å². The predicted octanol–water partition coefficient (Wildman–Crippen LogP) is 6.22. The number of carbonyl (C=O) groups is 2. The molecule has 0 unspecified atom stereocenters. The van der Waals surface area contributed by atoms with Crippen molar-refractivity contribution in [3.05, 3.63) is 86.7 Å². The van der Waals surface area contributed by atoms with Gasteiger partial charge >= 0.3 is 0 Å². The Kier molecular flexibility index (Phi) is 8.20. The first-order valence-electron chi connectivity index (χ1n) is 10.7. The summed E-state index contributed by atoms with van der Waals surface area (Å²) in [5, 5.41) is 6.78. The van der Waals surface area contributed by atoms with Gasteiger partial charge in [0.25, 0.3) is 11.8 Å². The van der Waals surface area contributed by atoms with Crippen molar-refractivity contribution >= 4 is 69.4 Å². The van der Waals surface area contributed by atoms with Crippen molar-refractivity contribution in [2.45, 2.75) is 6.92 Å². The summed E-state index contributed by atoms with van der Waals surface area (Å²) in [6.45, 7) is 1.61. The van der Waals surface area contributed by atoms with Gasteiger partial charge in [0, 0.05) is 10.7 Å². The summed E-state index contributed by atoms with van der Waals surface area (Å²) in [7, 11) is 1.47. The van der Waals surface area contributed by atoms with E-state index >= 15 is 0 Å². The third kappa shape index (κ3) is 6.20. The van der Waals surface area contributed by atoms with E-state index in [1.807, 2.05) is 31.2 Å². The number of hydrogen-bond donors (Lipinski definition) is 2. The second kappa shape index (κ2) is 11.5. The van der Waals surface area contributed by atoms with Crippen LogP contribution in [-0.2, 0) is 9.59 Å². The lowest BCUT2D eigenvalue weighted by Gasteiger charge is -2.13. The number of rotatable bonds is 7. The van der Waals surface area contributed by atoms with Gasteiger partial charge < -0.3 is 20.1 Å². The van der Waals surface area contributed by atoms with Gasteiger partial charge in [0.1, 0.15) is 0 Å². The molecule has 3 aromatic rings. The van der Waals surface area contributed by atoms with Crippen molar-refractivity contribution < 1.29 is 19.1 Å². The Bertz CT molecular complexity index is 1380. The van der Waals surface area contributed by atoms with Gasteiger partial charge in [0.2, 0.25) is 0 Å². The van der Waals surface area contributed by atoms with E-state index in [-0.39, 0.29) is 29.2 Å². The van der Waals surface area contributed by atoms with Crippen LogP contribution in [-0.4, -0.2) is 30.7 Å². The van der Waals surface area contributed by atoms with Crippen LogP contribution in [0.15, 0.2) is 70.6 Å². The number of nitrogens with zero attached hydrogens (tertiary/aromatic N) is 1. The van der Waals surface area contributed by atoms with Gasteiger partial charge in [0.15, 0.2) is 23.3 Å². The minimum Gasteiger partial charge on any atom is -0.493 e. The summed E-state index contributed by atoms with van der Waals surface area (Å²) < 4.78 is 11.1. The Morgan fingerprint density at radius 2 is 1.89 bits per heavy atom. The summed E-state index contributed by atoms with van der Waals surface area (Å²) in [4.78, 5) is 29.7. The van der Waals surface area contributed by atoms with Crippen molar-refractivity contribution in [3.63, 3.8) is 0 Å². The number of halogens is 2. The molecule has 1 aliphatic rings. The van der Waals surface area contributed by atoms with E-state index in [2.05, 4.69) is 15.6 Å². The molecule has 7 nitrogen and oxygen atoms in total. The Balaban J connectivity index is 1.49. The molecule has 0 aliphatic carbocycles. The topological polar surface area (TPSA) is 89.0 Å². The van der Waals surface area contributed by atoms with Crippen LogP contribution in [0.5, 0.6) is 11.5 Å². The standard InChI is InChI=1S/C26H21Cl2N3O4S/c1-15-18(27)9-6-10-20(15)30-26-31-25(33)22(36-26)13-16-11-19(28)24(21(12-16)34-2)35-14-23(32)29-17-7-4-3-5-8-17/h3-13H,14H2,1-2H3,(H,29,32)(H,30,31,33)/b22-13+. The molecule has 1 heterocycles. The number of thioether (sulfide) groups is 1. The second-order valence-corrected chi connectivity index (χ2v) is 9.45. The van der Waals surface area contributed by atoms with Crippen LogP contribution >= 0.6 is 35.0 Å². The largest absolute Gasteiger partial charge is 0.493 e. The third-order valence-electron chi connectivity index (χ3n) is 5.07. The molecule has 3 aromatic carbocycles. The minimum atomic E-state index is -0.341. The molecule has 1 aliphatic heterocycles. The summed E-state index contributed by atoms with van der Waals surface area (Å²) in [6, 6.07) is 17.8. The highest BCUT2D eigenvalue weighted by atomic mass is 35.5. The average Bonchev–Trinajstić information content (AvgIpc) is 3.20. The van der Waals surface area contributed by atoms with E-state index in [0.717, 1.165) is 5.56 Å². The zero-order valence-corrected chi connectivity index (χ0v) is 21.6. The van der Waals surface area contributed by atoms with E-state index < -0.39 is 0 Å². The fraction of sp³-hybridized carbons (Fsp3) is 0.115. The highest BCUT2D eigenvalue weighted by Gasteiger charge is 2.24. The second-order valence-electron chi connectivity index (χ2n) is 7.60. The molecule has 0 atom stereocenters. The predicted molar refractivity (Wildman–Crippen MR) is 146 cm³/mol. The lowest BCUT2D eigenvalue weighted by molar-refractivity contribution is -0.118. The smallest absolute Gasteiger partial charge is 0.264 e. The van der Waals surface area contributed by atoms with E-state index in [4.69, 9.17) is 32.7 Å². The van der Waals surface area contributed by atoms with Crippen molar-refractivity contribution in [1.29, 1.82) is 0 Å². The lowest BCUT2D eigenvalue weighted by Crippen LogP contribution is -2.20. The van der Waals surface area contributed by atoms with Gasteiger partial charge in [-0.25, -0.2) is 4.99 Å². The first-order chi connectivity index (χ1) is 17.3. The molecule has 184 valence electrons. The van der Waals surface area contributed by atoms with Gasteiger partial charge in [-0.15, -0.1) is 0 Å². The van der Waals surface area contributed by atoms with Gasteiger partial charge in [0.05, 0.1) is 22.7 Å². The molecule has 0 saturated carbocycles.